The first-order chi connectivity index (χ1) is 8.11. The maximum atomic E-state index is 11.8. The van der Waals surface area contributed by atoms with Crippen molar-refractivity contribution in [1.29, 1.82) is 0 Å². The van der Waals surface area contributed by atoms with E-state index >= 15 is 0 Å². The predicted molar refractivity (Wildman–Crippen MR) is 59.0 cm³/mol. The summed E-state index contributed by atoms with van der Waals surface area (Å²) in [5, 5.41) is 0. The van der Waals surface area contributed by atoms with Gasteiger partial charge in [-0.2, -0.15) is 0 Å². The summed E-state index contributed by atoms with van der Waals surface area (Å²) in [6.07, 6.45) is 3.23. The van der Waals surface area contributed by atoms with Crippen LogP contribution in [0.25, 0.3) is 0 Å². The average Bonchev–Trinajstić information content (AvgIpc) is 2.60. The van der Waals surface area contributed by atoms with Crippen molar-refractivity contribution in [1.82, 2.24) is 9.55 Å². The summed E-state index contributed by atoms with van der Waals surface area (Å²) in [6.45, 7) is 2.61. The van der Waals surface area contributed by atoms with Crippen LogP contribution in [-0.2, 0) is 15.2 Å². The number of aromatic amines is 1. The van der Waals surface area contributed by atoms with E-state index < -0.39 is 11.4 Å². The number of aromatic nitrogens is 2. The van der Waals surface area contributed by atoms with Gasteiger partial charge in [-0.05, 0) is 13.3 Å². The zero-order valence-electron chi connectivity index (χ0n) is 9.56. The molecule has 2 atom stereocenters. The Kier molecular flexibility index (Phi) is 2.24. The number of rotatable bonds is 1. The molecular formula is C11H14N2O4. The van der Waals surface area contributed by atoms with E-state index in [2.05, 4.69) is 4.98 Å². The van der Waals surface area contributed by atoms with E-state index in [0.717, 1.165) is 6.42 Å². The van der Waals surface area contributed by atoms with Crippen LogP contribution in [0.5, 0.6) is 0 Å². The smallest absolute Gasteiger partial charge is 0.330 e. The zero-order valence-corrected chi connectivity index (χ0v) is 9.56. The third kappa shape index (κ3) is 1.56. The van der Waals surface area contributed by atoms with Crippen LogP contribution in [-0.4, -0.2) is 28.9 Å². The Morgan fingerprint density at radius 3 is 3.18 bits per heavy atom. The SMILES string of the molecule is Cc1cn(C23COC(CCO2)C3)c(=O)[nH]c1=O. The second-order valence-electron chi connectivity index (χ2n) is 4.66. The van der Waals surface area contributed by atoms with Crippen molar-refractivity contribution in [3.8, 4) is 0 Å². The van der Waals surface area contributed by atoms with Gasteiger partial charge in [0.15, 0.2) is 5.72 Å². The number of H-pyrrole nitrogens is 1. The summed E-state index contributed by atoms with van der Waals surface area (Å²) in [6, 6.07) is 0. The fourth-order valence-electron chi connectivity index (χ4n) is 2.49. The lowest BCUT2D eigenvalue weighted by molar-refractivity contribution is -0.115. The van der Waals surface area contributed by atoms with Gasteiger partial charge in [-0.15, -0.1) is 0 Å². The third-order valence-electron chi connectivity index (χ3n) is 3.46. The van der Waals surface area contributed by atoms with Crippen molar-refractivity contribution >= 4 is 0 Å². The minimum absolute atomic E-state index is 0.155. The molecule has 2 bridgehead atoms. The van der Waals surface area contributed by atoms with Crippen LogP contribution in [0.4, 0.5) is 0 Å². The predicted octanol–water partition coefficient (Wildman–Crippen LogP) is -0.293. The summed E-state index contributed by atoms with van der Waals surface area (Å²) in [5.41, 5.74) is -1.02. The van der Waals surface area contributed by atoms with Gasteiger partial charge in [0, 0.05) is 18.2 Å². The molecule has 3 rings (SSSR count). The van der Waals surface area contributed by atoms with Gasteiger partial charge in [0.2, 0.25) is 0 Å². The van der Waals surface area contributed by atoms with Crippen LogP contribution in [0.2, 0.25) is 0 Å². The molecule has 2 fully saturated rings. The number of fused-ring (bicyclic) bond motifs is 2. The topological polar surface area (TPSA) is 73.3 Å². The van der Waals surface area contributed by atoms with E-state index in [1.54, 1.807) is 13.1 Å². The minimum atomic E-state index is -0.727. The molecule has 0 radical (unpaired) electrons. The molecule has 17 heavy (non-hydrogen) atoms. The molecule has 2 saturated heterocycles. The van der Waals surface area contributed by atoms with Gasteiger partial charge in [0.25, 0.3) is 5.56 Å². The minimum Gasteiger partial charge on any atom is -0.373 e. The lowest BCUT2D eigenvalue weighted by Gasteiger charge is -2.32. The molecule has 0 amide bonds. The largest absolute Gasteiger partial charge is 0.373 e. The van der Waals surface area contributed by atoms with Crippen molar-refractivity contribution in [2.24, 2.45) is 0 Å². The van der Waals surface area contributed by atoms with Gasteiger partial charge in [-0.3, -0.25) is 14.3 Å². The lowest BCUT2D eigenvalue weighted by atomic mass is 10.0. The highest BCUT2D eigenvalue weighted by Gasteiger charge is 2.46. The monoisotopic (exact) mass is 238 g/mol. The molecule has 0 aliphatic carbocycles. The Morgan fingerprint density at radius 1 is 1.53 bits per heavy atom. The molecule has 1 N–H and O–H groups in total. The number of hydrogen-bond acceptors (Lipinski definition) is 4. The normalized spacial score (nSPS) is 31.7. The standard InChI is InChI=1S/C11H14N2O4/c1-7-5-13(10(15)12-9(7)14)11-4-8(16-6-11)2-3-17-11/h5,8H,2-4,6H2,1H3,(H,12,14,15). The van der Waals surface area contributed by atoms with Gasteiger partial charge in [-0.25, -0.2) is 4.79 Å². The van der Waals surface area contributed by atoms with Gasteiger partial charge < -0.3 is 9.47 Å². The lowest BCUT2D eigenvalue weighted by Crippen LogP contribution is -2.48. The maximum Gasteiger partial charge on any atom is 0.330 e. The Bertz CT molecular complexity index is 557. The van der Waals surface area contributed by atoms with Crippen LogP contribution in [0.15, 0.2) is 15.8 Å². The molecule has 1 aromatic heterocycles. The average molecular weight is 238 g/mol. The molecule has 3 heterocycles. The highest BCUT2D eigenvalue weighted by atomic mass is 16.6. The third-order valence-corrected chi connectivity index (χ3v) is 3.46. The van der Waals surface area contributed by atoms with E-state index in [1.807, 2.05) is 0 Å². The Balaban J connectivity index is 2.13. The maximum absolute atomic E-state index is 11.8. The molecule has 6 nitrogen and oxygen atoms in total. The summed E-state index contributed by atoms with van der Waals surface area (Å²) >= 11 is 0. The fourth-order valence-corrected chi connectivity index (χ4v) is 2.49. The molecule has 2 aliphatic rings. The van der Waals surface area contributed by atoms with E-state index in [4.69, 9.17) is 9.47 Å². The second kappa shape index (κ2) is 3.54. The van der Waals surface area contributed by atoms with E-state index in [-0.39, 0.29) is 11.7 Å². The number of nitrogens with one attached hydrogen (secondary N) is 1. The molecule has 2 unspecified atom stereocenters. The molecule has 1 aromatic rings. The Hall–Kier alpha value is -1.40. The molecular weight excluding hydrogens is 224 g/mol. The highest BCUT2D eigenvalue weighted by Crippen LogP contribution is 2.37. The van der Waals surface area contributed by atoms with Crippen molar-refractivity contribution in [2.75, 3.05) is 13.2 Å². The summed E-state index contributed by atoms with van der Waals surface area (Å²) in [4.78, 5) is 25.5. The summed E-state index contributed by atoms with van der Waals surface area (Å²) in [7, 11) is 0. The number of aryl methyl sites for hydroxylation is 1. The van der Waals surface area contributed by atoms with Crippen molar-refractivity contribution in [3.63, 3.8) is 0 Å². The van der Waals surface area contributed by atoms with E-state index in [1.165, 1.54) is 4.57 Å². The van der Waals surface area contributed by atoms with Crippen molar-refractivity contribution < 1.29 is 9.47 Å². The van der Waals surface area contributed by atoms with Crippen LogP contribution in [0.3, 0.4) is 0 Å². The van der Waals surface area contributed by atoms with Gasteiger partial charge in [0.1, 0.15) is 0 Å². The second-order valence-corrected chi connectivity index (χ2v) is 4.66. The quantitative estimate of drug-likeness (QED) is 0.729. The highest BCUT2D eigenvalue weighted by molar-refractivity contribution is 5.04. The van der Waals surface area contributed by atoms with Crippen LogP contribution in [0.1, 0.15) is 18.4 Å². The van der Waals surface area contributed by atoms with E-state index in [9.17, 15) is 9.59 Å². The van der Waals surface area contributed by atoms with Crippen molar-refractivity contribution in [2.45, 2.75) is 31.6 Å². The number of ether oxygens (including phenoxy) is 2. The molecule has 92 valence electrons. The zero-order chi connectivity index (χ0) is 12.0. The molecule has 2 aliphatic heterocycles. The first-order valence-electron chi connectivity index (χ1n) is 5.69. The van der Waals surface area contributed by atoms with Gasteiger partial charge in [-0.1, -0.05) is 0 Å². The van der Waals surface area contributed by atoms with Gasteiger partial charge >= 0.3 is 5.69 Å². The van der Waals surface area contributed by atoms with Gasteiger partial charge in [0.05, 0.1) is 19.3 Å². The van der Waals surface area contributed by atoms with Crippen LogP contribution in [0, 0.1) is 6.92 Å². The van der Waals surface area contributed by atoms with Crippen molar-refractivity contribution in [3.05, 3.63) is 32.6 Å². The van der Waals surface area contributed by atoms with Crippen LogP contribution >= 0.6 is 0 Å². The van der Waals surface area contributed by atoms with Crippen LogP contribution < -0.4 is 11.2 Å². The first-order valence-corrected chi connectivity index (χ1v) is 5.69. The van der Waals surface area contributed by atoms with E-state index in [0.29, 0.717) is 25.2 Å². The number of hydrogen-bond donors (Lipinski definition) is 1. The summed E-state index contributed by atoms with van der Waals surface area (Å²) < 4.78 is 12.8. The Labute approximate surface area is 97.2 Å². The Morgan fingerprint density at radius 2 is 2.35 bits per heavy atom. The first kappa shape index (κ1) is 10.7. The molecule has 0 saturated carbocycles. The molecule has 0 aromatic carbocycles. The fraction of sp³-hybridized carbons (Fsp3) is 0.636. The number of nitrogens with zero attached hydrogens (tertiary/aromatic N) is 1. The molecule has 0 spiro atoms. The molecule has 6 heteroatoms. The summed E-state index contributed by atoms with van der Waals surface area (Å²) in [5.74, 6) is 0.